The second-order valence-corrected chi connectivity index (χ2v) is 7.39. The average Bonchev–Trinajstić information content (AvgIpc) is 3.50. The predicted octanol–water partition coefficient (Wildman–Crippen LogP) is 5.20. The number of halogens is 1. The number of hydrogen-bond donors (Lipinski definition) is 2. The van der Waals surface area contributed by atoms with Crippen molar-refractivity contribution in [2.45, 2.75) is 31.8 Å². The van der Waals surface area contributed by atoms with E-state index < -0.39 is 0 Å². The third-order valence-electron chi connectivity index (χ3n) is 4.96. The Morgan fingerprint density at radius 1 is 1.16 bits per heavy atom. The smallest absolute Gasteiger partial charge is 0.134 e. The van der Waals surface area contributed by atoms with Crippen LogP contribution >= 0.6 is 0 Å². The number of hydrogen-bond acceptors (Lipinski definition) is 5. The van der Waals surface area contributed by atoms with E-state index in [1.165, 1.54) is 43.7 Å². The van der Waals surface area contributed by atoms with Gasteiger partial charge in [-0.3, -0.25) is 9.67 Å². The van der Waals surface area contributed by atoms with Crippen LogP contribution < -0.4 is 10.6 Å². The molecule has 0 radical (unpaired) electrons. The fourth-order valence-corrected chi connectivity index (χ4v) is 3.16. The molecule has 0 unspecified atom stereocenters. The Labute approximate surface area is 180 Å². The molecular weight excluding hydrogens is 393 g/mol. The van der Waals surface area contributed by atoms with Crippen LogP contribution in [0.25, 0.3) is 11.1 Å². The van der Waals surface area contributed by atoms with Gasteiger partial charge < -0.3 is 10.6 Å². The molecular formula is C23H24FN7. The van der Waals surface area contributed by atoms with E-state index in [9.17, 15) is 4.39 Å². The standard InChI is InChI=1S/C23H24FN7/c1-16(17-3-5-20(24)6-4-17)29-23-12-18(19-13-28-31(14-19)21-7-8-21)11-22(30-23)27-15-26-10-9-25-2/h3-6,9-16,21H,2,7-8H2,1H3,(H2,26,27,29,30)/b10-9-/t16-/m0/s1. The molecule has 0 spiro atoms. The van der Waals surface area contributed by atoms with E-state index in [1.807, 2.05) is 29.9 Å². The minimum atomic E-state index is -0.254. The number of nitrogens with zero attached hydrogens (tertiary/aromatic N) is 5. The number of pyridine rings is 1. The second-order valence-electron chi connectivity index (χ2n) is 7.39. The molecule has 7 nitrogen and oxygen atoms in total. The maximum Gasteiger partial charge on any atom is 0.134 e. The highest BCUT2D eigenvalue weighted by molar-refractivity contribution is 5.78. The van der Waals surface area contributed by atoms with E-state index in [4.69, 9.17) is 0 Å². The van der Waals surface area contributed by atoms with Crippen LogP contribution in [0.5, 0.6) is 0 Å². The van der Waals surface area contributed by atoms with Gasteiger partial charge in [-0.15, -0.1) is 0 Å². The largest absolute Gasteiger partial charge is 0.363 e. The second kappa shape index (κ2) is 9.34. The Morgan fingerprint density at radius 2 is 1.94 bits per heavy atom. The fourth-order valence-electron chi connectivity index (χ4n) is 3.16. The van der Waals surface area contributed by atoms with E-state index in [-0.39, 0.29) is 11.9 Å². The molecule has 0 saturated heterocycles. The lowest BCUT2D eigenvalue weighted by atomic mass is 10.1. The quantitative estimate of drug-likeness (QED) is 0.370. The summed E-state index contributed by atoms with van der Waals surface area (Å²) in [6.45, 7) is 5.38. The van der Waals surface area contributed by atoms with E-state index in [0.717, 1.165) is 16.7 Å². The van der Waals surface area contributed by atoms with Crippen molar-refractivity contribution in [1.29, 1.82) is 0 Å². The SMILES string of the molecule is C=N/C=C\N=C\Nc1cc(-c2cnn(C3CC3)c2)cc(N[C@@H](C)c2ccc(F)cc2)n1. The molecule has 2 N–H and O–H groups in total. The van der Waals surface area contributed by atoms with E-state index in [2.05, 4.69) is 43.6 Å². The lowest BCUT2D eigenvalue weighted by molar-refractivity contribution is 0.626. The van der Waals surface area contributed by atoms with Crippen molar-refractivity contribution in [3.05, 3.63) is 72.6 Å². The van der Waals surface area contributed by atoms with Gasteiger partial charge in [0.05, 0.1) is 18.6 Å². The van der Waals surface area contributed by atoms with Gasteiger partial charge in [0.2, 0.25) is 0 Å². The maximum atomic E-state index is 13.3. The highest BCUT2D eigenvalue weighted by Crippen LogP contribution is 2.35. The van der Waals surface area contributed by atoms with Crippen LogP contribution in [0.2, 0.25) is 0 Å². The Bertz CT molecular complexity index is 1100. The van der Waals surface area contributed by atoms with Gasteiger partial charge in [0.1, 0.15) is 17.5 Å². The van der Waals surface area contributed by atoms with Crippen molar-refractivity contribution in [1.82, 2.24) is 14.8 Å². The molecule has 158 valence electrons. The first-order valence-corrected chi connectivity index (χ1v) is 10.1. The maximum absolute atomic E-state index is 13.3. The van der Waals surface area contributed by atoms with Crippen molar-refractivity contribution in [3.63, 3.8) is 0 Å². The van der Waals surface area contributed by atoms with Crippen LogP contribution in [0.3, 0.4) is 0 Å². The van der Waals surface area contributed by atoms with Gasteiger partial charge in [0, 0.05) is 30.2 Å². The first-order chi connectivity index (χ1) is 15.1. The normalized spacial score (nSPS) is 14.8. The zero-order valence-corrected chi connectivity index (χ0v) is 17.2. The van der Waals surface area contributed by atoms with Crippen molar-refractivity contribution < 1.29 is 4.39 Å². The molecule has 1 saturated carbocycles. The molecule has 4 rings (SSSR count). The minimum Gasteiger partial charge on any atom is -0.363 e. The lowest BCUT2D eigenvalue weighted by Crippen LogP contribution is -2.09. The van der Waals surface area contributed by atoms with Crippen molar-refractivity contribution in [2.24, 2.45) is 9.98 Å². The summed E-state index contributed by atoms with van der Waals surface area (Å²) in [7, 11) is 0. The van der Waals surface area contributed by atoms with E-state index in [1.54, 1.807) is 12.1 Å². The summed E-state index contributed by atoms with van der Waals surface area (Å²) in [6.07, 6.45) is 10.8. The molecule has 0 aliphatic heterocycles. The summed E-state index contributed by atoms with van der Waals surface area (Å²) in [5, 5.41) is 11.0. The Hall–Kier alpha value is -3.81. The van der Waals surface area contributed by atoms with Crippen LogP contribution in [0, 0.1) is 5.82 Å². The average molecular weight is 417 g/mol. The third-order valence-corrected chi connectivity index (χ3v) is 4.96. The molecule has 0 bridgehead atoms. The molecule has 1 fully saturated rings. The first-order valence-electron chi connectivity index (χ1n) is 10.1. The first kappa shape index (κ1) is 20.5. The Kier molecular flexibility index (Phi) is 6.16. The summed E-state index contributed by atoms with van der Waals surface area (Å²) in [4.78, 5) is 12.3. The molecule has 2 heterocycles. The van der Waals surface area contributed by atoms with Gasteiger partial charge in [-0.2, -0.15) is 5.10 Å². The lowest BCUT2D eigenvalue weighted by Gasteiger charge is -2.16. The van der Waals surface area contributed by atoms with Crippen molar-refractivity contribution >= 4 is 24.7 Å². The molecule has 1 aliphatic rings. The summed E-state index contributed by atoms with van der Waals surface area (Å²) in [5.41, 5.74) is 2.96. The summed E-state index contributed by atoms with van der Waals surface area (Å²) in [5.74, 6) is 1.07. The number of rotatable bonds is 9. The number of aliphatic imine (C=N–C) groups is 2. The Morgan fingerprint density at radius 3 is 2.68 bits per heavy atom. The molecule has 1 aliphatic carbocycles. The van der Waals surface area contributed by atoms with E-state index >= 15 is 0 Å². The highest BCUT2D eigenvalue weighted by Gasteiger charge is 2.24. The summed E-state index contributed by atoms with van der Waals surface area (Å²) < 4.78 is 15.3. The zero-order valence-electron chi connectivity index (χ0n) is 17.2. The van der Waals surface area contributed by atoms with Crippen molar-refractivity contribution in [3.8, 4) is 11.1 Å². The molecule has 1 atom stereocenters. The number of aromatic nitrogens is 3. The molecule has 3 aromatic rings. The monoisotopic (exact) mass is 417 g/mol. The number of anilines is 2. The van der Waals surface area contributed by atoms with Gasteiger partial charge in [-0.25, -0.2) is 14.4 Å². The summed E-state index contributed by atoms with van der Waals surface area (Å²) in [6, 6.07) is 10.8. The number of nitrogens with one attached hydrogen (secondary N) is 2. The van der Waals surface area contributed by atoms with Crippen LogP contribution in [0.1, 0.15) is 37.4 Å². The number of benzene rings is 1. The molecule has 31 heavy (non-hydrogen) atoms. The minimum absolute atomic E-state index is 0.0550. The van der Waals surface area contributed by atoms with Gasteiger partial charge in [0.15, 0.2) is 0 Å². The topological polar surface area (TPSA) is 79.5 Å². The molecule has 0 amide bonds. The zero-order chi connectivity index (χ0) is 21.6. The van der Waals surface area contributed by atoms with Crippen LogP contribution in [-0.4, -0.2) is 27.8 Å². The van der Waals surface area contributed by atoms with Gasteiger partial charge in [-0.1, -0.05) is 12.1 Å². The third kappa shape index (κ3) is 5.42. The molecule has 2 aromatic heterocycles. The van der Waals surface area contributed by atoms with Gasteiger partial charge in [-0.05, 0) is 61.9 Å². The van der Waals surface area contributed by atoms with Crippen molar-refractivity contribution in [2.75, 3.05) is 10.6 Å². The van der Waals surface area contributed by atoms with Crippen LogP contribution in [0.15, 0.2) is 71.2 Å². The Balaban J connectivity index is 1.59. The highest BCUT2D eigenvalue weighted by atomic mass is 19.1. The van der Waals surface area contributed by atoms with Gasteiger partial charge in [0.25, 0.3) is 0 Å². The molecule has 1 aromatic carbocycles. The molecule has 8 heteroatoms. The predicted molar refractivity (Wildman–Crippen MR) is 123 cm³/mol. The van der Waals surface area contributed by atoms with Crippen LogP contribution in [0.4, 0.5) is 16.0 Å². The van der Waals surface area contributed by atoms with Crippen LogP contribution in [-0.2, 0) is 0 Å². The van der Waals surface area contributed by atoms with E-state index in [0.29, 0.717) is 17.7 Å². The van der Waals surface area contributed by atoms with Gasteiger partial charge >= 0.3 is 0 Å². The fraction of sp³-hybridized carbons (Fsp3) is 0.217. The summed E-state index contributed by atoms with van der Waals surface area (Å²) >= 11 is 0.